The summed E-state index contributed by atoms with van der Waals surface area (Å²) in [7, 11) is 1.55. The van der Waals surface area contributed by atoms with Crippen molar-refractivity contribution >= 4 is 11.8 Å². The van der Waals surface area contributed by atoms with Crippen molar-refractivity contribution in [3.63, 3.8) is 0 Å². The molecule has 1 aromatic carbocycles. The van der Waals surface area contributed by atoms with Crippen LogP contribution in [-0.4, -0.2) is 24.0 Å². The first-order valence-corrected chi connectivity index (χ1v) is 5.38. The Balaban J connectivity index is 2.85. The number of hydrogen-bond donors (Lipinski definition) is 1. The fraction of sp³-hybridized carbons (Fsp3) is 0.385. The lowest BCUT2D eigenvalue weighted by Crippen LogP contribution is -2.25. The summed E-state index contributed by atoms with van der Waals surface area (Å²) in [6.07, 6.45) is 0. The number of Topliss-reactive ketones (excluding diaryl/α,β-unsaturated/α-hetero) is 1. The lowest BCUT2D eigenvalue weighted by molar-refractivity contribution is -0.142. The minimum absolute atomic E-state index is 0.164. The first-order chi connectivity index (χ1) is 7.97. The molecule has 0 saturated heterocycles. The molecule has 0 radical (unpaired) electrons. The van der Waals surface area contributed by atoms with E-state index in [2.05, 4.69) is 0 Å². The molecule has 4 nitrogen and oxygen atoms in total. The highest BCUT2D eigenvalue weighted by molar-refractivity contribution is 5.99. The number of benzene rings is 1. The Morgan fingerprint density at radius 3 is 2.06 bits per heavy atom. The van der Waals surface area contributed by atoms with E-state index in [1.165, 1.54) is 6.92 Å². The third-order valence-electron chi connectivity index (χ3n) is 2.93. The van der Waals surface area contributed by atoms with E-state index in [0.29, 0.717) is 11.3 Å². The van der Waals surface area contributed by atoms with Crippen molar-refractivity contribution in [1.29, 1.82) is 0 Å². The molecule has 1 rings (SSSR count). The number of carbonyl (C=O) groups excluding carboxylic acids is 1. The second kappa shape index (κ2) is 5.48. The molecule has 2 atom stereocenters. The van der Waals surface area contributed by atoms with Gasteiger partial charge < -0.3 is 9.84 Å². The average Bonchev–Trinajstić information content (AvgIpc) is 2.36. The summed E-state index contributed by atoms with van der Waals surface area (Å²) in [6.45, 7) is 3.17. The highest BCUT2D eigenvalue weighted by atomic mass is 16.5. The van der Waals surface area contributed by atoms with E-state index in [1.54, 1.807) is 38.3 Å². The van der Waals surface area contributed by atoms with Crippen LogP contribution in [0.15, 0.2) is 24.3 Å². The van der Waals surface area contributed by atoms with Crippen molar-refractivity contribution in [1.82, 2.24) is 0 Å². The van der Waals surface area contributed by atoms with Crippen LogP contribution < -0.4 is 4.74 Å². The number of ether oxygens (including phenoxy) is 1. The van der Waals surface area contributed by atoms with Gasteiger partial charge in [0.2, 0.25) is 0 Å². The van der Waals surface area contributed by atoms with Crippen LogP contribution in [0.5, 0.6) is 5.75 Å². The van der Waals surface area contributed by atoms with E-state index in [-0.39, 0.29) is 5.78 Å². The summed E-state index contributed by atoms with van der Waals surface area (Å²) in [5, 5.41) is 8.86. The number of aliphatic carboxylic acids is 1. The zero-order valence-corrected chi connectivity index (χ0v) is 10.1. The Morgan fingerprint density at radius 2 is 1.65 bits per heavy atom. The maximum atomic E-state index is 12.0. The normalized spacial score (nSPS) is 13.8. The number of rotatable bonds is 5. The van der Waals surface area contributed by atoms with Gasteiger partial charge in [-0.3, -0.25) is 9.59 Å². The van der Waals surface area contributed by atoms with Crippen molar-refractivity contribution < 1.29 is 19.4 Å². The SMILES string of the molecule is COc1ccc(C(=O)C(C)C(C)C(=O)O)cc1. The van der Waals surface area contributed by atoms with Crippen LogP contribution in [0, 0.1) is 11.8 Å². The van der Waals surface area contributed by atoms with Gasteiger partial charge in [-0.2, -0.15) is 0 Å². The van der Waals surface area contributed by atoms with Crippen molar-refractivity contribution in [2.45, 2.75) is 13.8 Å². The molecule has 17 heavy (non-hydrogen) atoms. The maximum Gasteiger partial charge on any atom is 0.306 e. The highest BCUT2D eigenvalue weighted by Crippen LogP contribution is 2.19. The molecule has 4 heteroatoms. The zero-order chi connectivity index (χ0) is 13.0. The van der Waals surface area contributed by atoms with Gasteiger partial charge in [0, 0.05) is 11.5 Å². The number of methoxy groups -OCH3 is 1. The maximum absolute atomic E-state index is 12.0. The summed E-state index contributed by atoms with van der Waals surface area (Å²) in [5.74, 6) is -1.69. The zero-order valence-electron chi connectivity index (χ0n) is 10.1. The molecule has 0 amide bonds. The van der Waals surface area contributed by atoms with Crippen LogP contribution in [0.3, 0.4) is 0 Å². The van der Waals surface area contributed by atoms with Crippen LogP contribution in [0.2, 0.25) is 0 Å². The number of carbonyl (C=O) groups is 2. The third-order valence-corrected chi connectivity index (χ3v) is 2.93. The number of hydrogen-bond acceptors (Lipinski definition) is 3. The molecular formula is C13H16O4. The van der Waals surface area contributed by atoms with Gasteiger partial charge in [0.15, 0.2) is 5.78 Å². The van der Waals surface area contributed by atoms with Gasteiger partial charge in [-0.15, -0.1) is 0 Å². The van der Waals surface area contributed by atoms with E-state index in [1.807, 2.05) is 0 Å². The van der Waals surface area contributed by atoms with Gasteiger partial charge in [0.1, 0.15) is 5.75 Å². The summed E-state index contributed by atoms with van der Waals surface area (Å²) in [6, 6.07) is 6.66. The predicted octanol–water partition coefficient (Wildman–Crippen LogP) is 2.23. The Hall–Kier alpha value is -1.84. The molecule has 1 aromatic rings. The Bertz CT molecular complexity index is 408. The summed E-state index contributed by atoms with van der Waals surface area (Å²) in [5.41, 5.74) is 0.506. The minimum Gasteiger partial charge on any atom is -0.497 e. The molecule has 0 saturated carbocycles. The monoisotopic (exact) mass is 236 g/mol. The number of carboxylic acids is 1. The molecule has 0 fully saturated rings. The standard InChI is InChI=1S/C13H16O4/c1-8(9(2)13(15)16)12(14)10-4-6-11(17-3)7-5-10/h4-9H,1-3H3,(H,15,16). The van der Waals surface area contributed by atoms with Gasteiger partial charge in [-0.1, -0.05) is 13.8 Å². The quantitative estimate of drug-likeness (QED) is 0.796. The van der Waals surface area contributed by atoms with Gasteiger partial charge in [-0.05, 0) is 24.3 Å². The Labute approximate surface area is 100 Å². The van der Waals surface area contributed by atoms with E-state index in [4.69, 9.17) is 9.84 Å². The third kappa shape index (κ3) is 3.06. The van der Waals surface area contributed by atoms with Crippen LogP contribution in [0.1, 0.15) is 24.2 Å². The smallest absolute Gasteiger partial charge is 0.306 e. The predicted molar refractivity (Wildman–Crippen MR) is 63.3 cm³/mol. The van der Waals surface area contributed by atoms with Gasteiger partial charge in [-0.25, -0.2) is 0 Å². The fourth-order valence-corrected chi connectivity index (χ4v) is 1.46. The second-order valence-corrected chi connectivity index (χ2v) is 4.01. The lowest BCUT2D eigenvalue weighted by Gasteiger charge is -2.14. The molecule has 0 heterocycles. The Kier molecular flexibility index (Phi) is 4.26. The topological polar surface area (TPSA) is 63.6 Å². The van der Waals surface area contributed by atoms with E-state index >= 15 is 0 Å². The molecule has 92 valence electrons. The average molecular weight is 236 g/mol. The number of ketones is 1. The summed E-state index contributed by atoms with van der Waals surface area (Å²) < 4.78 is 4.99. The summed E-state index contributed by atoms with van der Waals surface area (Å²) >= 11 is 0. The molecule has 0 aliphatic heterocycles. The Morgan fingerprint density at radius 1 is 1.12 bits per heavy atom. The van der Waals surface area contributed by atoms with Crippen LogP contribution in [0.4, 0.5) is 0 Å². The van der Waals surface area contributed by atoms with Gasteiger partial charge in [0.25, 0.3) is 0 Å². The van der Waals surface area contributed by atoms with Crippen molar-refractivity contribution in [3.05, 3.63) is 29.8 Å². The lowest BCUT2D eigenvalue weighted by atomic mass is 9.88. The molecule has 0 bridgehead atoms. The highest BCUT2D eigenvalue weighted by Gasteiger charge is 2.26. The van der Waals surface area contributed by atoms with E-state index < -0.39 is 17.8 Å². The van der Waals surface area contributed by atoms with Crippen molar-refractivity contribution in [2.75, 3.05) is 7.11 Å². The summed E-state index contributed by atoms with van der Waals surface area (Å²) in [4.78, 5) is 22.8. The van der Waals surface area contributed by atoms with E-state index in [0.717, 1.165) is 0 Å². The first kappa shape index (κ1) is 13.2. The number of carboxylic acid groups (broad SMARTS) is 1. The molecule has 0 spiro atoms. The van der Waals surface area contributed by atoms with E-state index in [9.17, 15) is 9.59 Å². The van der Waals surface area contributed by atoms with Gasteiger partial charge in [0.05, 0.1) is 13.0 Å². The second-order valence-electron chi connectivity index (χ2n) is 4.01. The first-order valence-electron chi connectivity index (χ1n) is 5.38. The minimum atomic E-state index is -0.959. The molecule has 0 aromatic heterocycles. The van der Waals surface area contributed by atoms with Crippen LogP contribution in [-0.2, 0) is 4.79 Å². The molecule has 0 aliphatic rings. The van der Waals surface area contributed by atoms with Crippen LogP contribution in [0.25, 0.3) is 0 Å². The molecule has 2 unspecified atom stereocenters. The van der Waals surface area contributed by atoms with Crippen molar-refractivity contribution in [2.24, 2.45) is 11.8 Å². The fourth-order valence-electron chi connectivity index (χ4n) is 1.46. The van der Waals surface area contributed by atoms with Crippen molar-refractivity contribution in [3.8, 4) is 5.75 Å². The molecule has 1 N–H and O–H groups in total. The van der Waals surface area contributed by atoms with Gasteiger partial charge >= 0.3 is 5.97 Å². The molecule has 0 aliphatic carbocycles. The largest absolute Gasteiger partial charge is 0.497 e. The molecular weight excluding hydrogens is 220 g/mol. The van der Waals surface area contributed by atoms with Crippen LogP contribution >= 0.6 is 0 Å².